The molecular formula is C21H18BrCl2NO2. The molecule has 0 unspecified atom stereocenters. The summed E-state index contributed by atoms with van der Waals surface area (Å²) >= 11 is 15.5. The molecule has 3 aromatic carbocycles. The van der Waals surface area contributed by atoms with Crippen LogP contribution in [0.25, 0.3) is 0 Å². The van der Waals surface area contributed by atoms with Crippen molar-refractivity contribution in [2.24, 2.45) is 0 Å². The van der Waals surface area contributed by atoms with Crippen molar-refractivity contribution < 1.29 is 9.47 Å². The number of benzene rings is 3. The average Bonchev–Trinajstić information content (AvgIpc) is 2.68. The van der Waals surface area contributed by atoms with Crippen LogP contribution in [-0.4, -0.2) is 7.11 Å². The Bertz CT molecular complexity index is 899. The van der Waals surface area contributed by atoms with Crippen molar-refractivity contribution in [3.05, 3.63) is 86.3 Å². The fourth-order valence-corrected chi connectivity index (χ4v) is 3.21. The monoisotopic (exact) mass is 465 g/mol. The van der Waals surface area contributed by atoms with E-state index in [0.29, 0.717) is 34.7 Å². The summed E-state index contributed by atoms with van der Waals surface area (Å²) in [6.45, 7) is 1.07. The minimum absolute atomic E-state index is 0.433. The zero-order valence-electron chi connectivity index (χ0n) is 14.6. The van der Waals surface area contributed by atoms with Gasteiger partial charge in [0.15, 0.2) is 11.5 Å². The Morgan fingerprint density at radius 2 is 1.52 bits per heavy atom. The third-order valence-corrected chi connectivity index (χ3v) is 5.21. The van der Waals surface area contributed by atoms with E-state index in [4.69, 9.17) is 32.7 Å². The highest BCUT2D eigenvalue weighted by atomic mass is 79.9. The summed E-state index contributed by atoms with van der Waals surface area (Å²) in [5, 5.41) is 4.78. The second-order valence-electron chi connectivity index (χ2n) is 5.87. The summed E-state index contributed by atoms with van der Waals surface area (Å²) in [5.41, 5.74) is 3.08. The molecule has 0 bridgehead atoms. The predicted octanol–water partition coefficient (Wildman–Crippen LogP) is 6.96. The summed E-state index contributed by atoms with van der Waals surface area (Å²) < 4.78 is 12.4. The summed E-state index contributed by atoms with van der Waals surface area (Å²) in [6, 6.07) is 19.0. The minimum Gasteiger partial charge on any atom is -0.493 e. The normalized spacial score (nSPS) is 10.5. The van der Waals surface area contributed by atoms with E-state index in [2.05, 4.69) is 21.2 Å². The lowest BCUT2D eigenvalue weighted by Gasteiger charge is -2.15. The number of halogens is 3. The van der Waals surface area contributed by atoms with E-state index in [-0.39, 0.29) is 0 Å². The van der Waals surface area contributed by atoms with E-state index in [1.165, 1.54) is 0 Å². The third-order valence-electron chi connectivity index (χ3n) is 3.97. The number of rotatable bonds is 7. The Labute approximate surface area is 177 Å². The first kappa shape index (κ1) is 19.9. The van der Waals surface area contributed by atoms with Crippen LogP contribution >= 0.6 is 39.1 Å². The number of methoxy groups -OCH3 is 1. The third kappa shape index (κ3) is 5.55. The van der Waals surface area contributed by atoms with Gasteiger partial charge in [-0.15, -0.1) is 0 Å². The van der Waals surface area contributed by atoms with E-state index < -0.39 is 0 Å². The number of anilines is 1. The van der Waals surface area contributed by atoms with Crippen LogP contribution in [0, 0.1) is 0 Å². The molecule has 0 fully saturated rings. The van der Waals surface area contributed by atoms with Crippen LogP contribution < -0.4 is 14.8 Å². The van der Waals surface area contributed by atoms with Gasteiger partial charge in [0, 0.05) is 26.8 Å². The molecule has 0 aliphatic rings. The Hall–Kier alpha value is -1.88. The lowest BCUT2D eigenvalue weighted by atomic mass is 10.2. The second kappa shape index (κ2) is 9.36. The highest BCUT2D eigenvalue weighted by molar-refractivity contribution is 9.10. The van der Waals surface area contributed by atoms with Crippen molar-refractivity contribution in [1.29, 1.82) is 0 Å². The highest BCUT2D eigenvalue weighted by Gasteiger charge is 2.11. The van der Waals surface area contributed by atoms with Gasteiger partial charge in [0.05, 0.1) is 7.11 Å². The van der Waals surface area contributed by atoms with Crippen molar-refractivity contribution in [1.82, 2.24) is 0 Å². The largest absolute Gasteiger partial charge is 0.493 e. The fraction of sp³-hybridized carbons (Fsp3) is 0.143. The first-order valence-corrected chi connectivity index (χ1v) is 9.83. The number of hydrogen-bond donors (Lipinski definition) is 1. The Balaban J connectivity index is 1.70. The summed E-state index contributed by atoms with van der Waals surface area (Å²) in [4.78, 5) is 0. The molecule has 0 spiro atoms. The van der Waals surface area contributed by atoms with Crippen LogP contribution in [0.15, 0.2) is 65.1 Å². The molecule has 0 aromatic heterocycles. The number of nitrogens with one attached hydrogen (secondary N) is 1. The second-order valence-corrected chi connectivity index (χ2v) is 7.60. The Morgan fingerprint density at radius 1 is 0.889 bits per heavy atom. The summed E-state index contributed by atoms with van der Waals surface area (Å²) in [6.07, 6.45) is 0. The minimum atomic E-state index is 0.433. The molecule has 3 nitrogen and oxygen atoms in total. The molecule has 0 saturated carbocycles. The van der Waals surface area contributed by atoms with Crippen LogP contribution in [-0.2, 0) is 13.2 Å². The van der Waals surface area contributed by atoms with Gasteiger partial charge >= 0.3 is 0 Å². The maximum atomic E-state index is 5.93. The van der Waals surface area contributed by atoms with Crippen LogP contribution in [0.5, 0.6) is 11.5 Å². The quantitative estimate of drug-likeness (QED) is 0.408. The molecule has 3 aromatic rings. The smallest absolute Gasteiger partial charge is 0.162 e. The zero-order valence-corrected chi connectivity index (χ0v) is 17.7. The van der Waals surface area contributed by atoms with Crippen LogP contribution in [0.3, 0.4) is 0 Å². The van der Waals surface area contributed by atoms with Gasteiger partial charge in [-0.2, -0.15) is 0 Å². The highest BCUT2D eigenvalue weighted by Crippen LogP contribution is 2.34. The van der Waals surface area contributed by atoms with Crippen LogP contribution in [0.1, 0.15) is 11.1 Å². The SMILES string of the molecule is COc1cc(CNc2ccc(Cl)cc2)c(Br)cc1OCc1ccc(Cl)cc1. The molecule has 1 N–H and O–H groups in total. The molecule has 0 radical (unpaired) electrons. The van der Waals surface area contributed by atoms with Crippen molar-refractivity contribution in [2.75, 3.05) is 12.4 Å². The van der Waals surface area contributed by atoms with Crippen molar-refractivity contribution in [3.63, 3.8) is 0 Å². The van der Waals surface area contributed by atoms with Gasteiger partial charge in [-0.3, -0.25) is 0 Å². The molecule has 0 atom stereocenters. The maximum absolute atomic E-state index is 5.93. The van der Waals surface area contributed by atoms with Gasteiger partial charge in [0.2, 0.25) is 0 Å². The van der Waals surface area contributed by atoms with Gasteiger partial charge < -0.3 is 14.8 Å². The molecule has 0 saturated heterocycles. The van der Waals surface area contributed by atoms with Gasteiger partial charge in [0.25, 0.3) is 0 Å². The van der Waals surface area contributed by atoms with Gasteiger partial charge in [-0.05, 0) is 59.7 Å². The molecule has 0 aliphatic carbocycles. The maximum Gasteiger partial charge on any atom is 0.162 e. The fourth-order valence-electron chi connectivity index (χ4n) is 2.49. The zero-order chi connectivity index (χ0) is 19.2. The van der Waals surface area contributed by atoms with Crippen LogP contribution in [0.4, 0.5) is 5.69 Å². The van der Waals surface area contributed by atoms with E-state index in [1.807, 2.05) is 60.7 Å². The molecule has 0 heterocycles. The van der Waals surface area contributed by atoms with Crippen LogP contribution in [0.2, 0.25) is 10.0 Å². The molecule has 3 rings (SSSR count). The molecular weight excluding hydrogens is 449 g/mol. The Morgan fingerprint density at radius 3 is 2.15 bits per heavy atom. The topological polar surface area (TPSA) is 30.5 Å². The van der Waals surface area contributed by atoms with E-state index >= 15 is 0 Å². The van der Waals surface area contributed by atoms with Gasteiger partial charge in [-0.25, -0.2) is 0 Å². The summed E-state index contributed by atoms with van der Waals surface area (Å²) in [7, 11) is 1.63. The van der Waals surface area contributed by atoms with E-state index in [0.717, 1.165) is 21.3 Å². The van der Waals surface area contributed by atoms with Crippen molar-refractivity contribution in [3.8, 4) is 11.5 Å². The molecule has 0 amide bonds. The lowest BCUT2D eigenvalue weighted by molar-refractivity contribution is 0.284. The first-order chi connectivity index (χ1) is 13.0. The van der Waals surface area contributed by atoms with Gasteiger partial charge in [0.1, 0.15) is 6.61 Å². The lowest BCUT2D eigenvalue weighted by Crippen LogP contribution is -2.03. The molecule has 140 valence electrons. The van der Waals surface area contributed by atoms with Gasteiger partial charge in [-0.1, -0.05) is 51.3 Å². The molecule has 6 heteroatoms. The average molecular weight is 467 g/mol. The summed E-state index contributed by atoms with van der Waals surface area (Å²) in [5.74, 6) is 1.36. The van der Waals surface area contributed by atoms with Crippen molar-refractivity contribution in [2.45, 2.75) is 13.2 Å². The molecule has 0 aliphatic heterocycles. The first-order valence-electron chi connectivity index (χ1n) is 8.28. The Kier molecular flexibility index (Phi) is 6.89. The number of hydrogen-bond acceptors (Lipinski definition) is 3. The molecule has 27 heavy (non-hydrogen) atoms. The number of ether oxygens (including phenoxy) is 2. The van der Waals surface area contributed by atoms with E-state index in [9.17, 15) is 0 Å². The predicted molar refractivity (Wildman–Crippen MR) is 115 cm³/mol. The van der Waals surface area contributed by atoms with E-state index in [1.54, 1.807) is 7.11 Å². The standard InChI is InChI=1S/C21H18BrCl2NO2/c1-26-20-10-15(12-25-18-8-6-17(24)7-9-18)19(22)11-21(20)27-13-14-2-4-16(23)5-3-14/h2-11,25H,12-13H2,1H3. The van der Waals surface area contributed by atoms with Crippen molar-refractivity contribution >= 4 is 44.8 Å².